The molecule has 0 bridgehead atoms. The molecule has 11 heterocycles. The number of methoxy groups -OCH3 is 2. The Morgan fingerprint density at radius 2 is 0.806 bits per heavy atom. The van der Waals surface area contributed by atoms with Crippen LogP contribution in [0.5, 0.6) is 11.5 Å². The molecule has 10 aromatic rings. The number of nitrogens with zero attached hydrogens (tertiary/aromatic N) is 15. The first-order valence-electron chi connectivity index (χ1n) is 45.8. The van der Waals surface area contributed by atoms with Gasteiger partial charge < -0.3 is 73.4 Å². The number of hydrogen-bond acceptors (Lipinski definition) is 26. The number of hydrogen-bond donors (Lipinski definition) is 7. The van der Waals surface area contributed by atoms with Gasteiger partial charge in [-0.05, 0) is 225 Å². The van der Waals surface area contributed by atoms with E-state index in [0.717, 1.165) is 131 Å². The van der Waals surface area contributed by atoms with Crippen molar-refractivity contribution in [1.29, 1.82) is 0 Å². The standard InChI is InChI=1S/2C22H27N5O3.C21H30N2O3.C15H22N2O2.C13H22N2O2.C6H10O/c2*1-4-22(3,29)20-13-18(25-30-20)16-10-9-15(2)26(14-16)21(28)17-7-5-6-8-19(17)27-23-11-12-24-27;1-5-21(3,24)20-12-19(22-26-20)17-9-6-15(2)23(14-17)13-16-7-10-18(25-4)11-8-16;1-12-3-4-14(9-16-18)11-17(12)10-13-5-7-15(19-2)8-6-13;1-4-13(3,16)12-7-11(15-17-12)10-6-5-9(2)14-8-10;1-4-6(3,7)5-2/h2*5-8,11-13,15-16,29H,4,9-10,14H2,1-3H3;7-8,10-12,15,17,24H,5-6,9,13-14H2,1-4H3;5-9,12,14,18H,3-4,10-11H2,1-2H3;7,9-10,14,16H,4-6,8H2,1-3H3;1,7H,5H2,2-3H3/b;;;16-9+;;/t15-,16-,22+;15-,16-,22-;15-,17-,21?;12-,14+;9-,10-,13?;/m11111./s1. The number of oxime groups is 1. The third kappa shape index (κ3) is 27.0. The summed E-state index contributed by atoms with van der Waals surface area (Å²) in [5.41, 5.74) is 3.68. The largest absolute Gasteiger partial charge is 0.497 e. The van der Waals surface area contributed by atoms with E-state index in [1.807, 2.05) is 141 Å². The van der Waals surface area contributed by atoms with Gasteiger partial charge in [-0.1, -0.05) is 110 Å². The number of carbonyl (C=O) groups excluding carboxylic acids is 2. The second kappa shape index (κ2) is 46.2. The third-order valence-corrected chi connectivity index (χ3v) is 26.6. The zero-order valence-corrected chi connectivity index (χ0v) is 78.5. The van der Waals surface area contributed by atoms with Gasteiger partial charge in [0.15, 0.2) is 23.0 Å². The lowest BCUT2D eigenvalue weighted by Crippen LogP contribution is -2.45. The molecule has 0 aliphatic carbocycles. The molecular formula is C99H138N16O14. The van der Waals surface area contributed by atoms with Crippen molar-refractivity contribution in [2.24, 2.45) is 11.1 Å². The van der Waals surface area contributed by atoms with Crippen LogP contribution in [0.1, 0.15) is 301 Å². The molecule has 2 amide bonds. The number of ether oxygens (including phenoxy) is 2. The number of rotatable bonds is 24. The lowest BCUT2D eigenvalue weighted by Gasteiger charge is -2.37. The van der Waals surface area contributed by atoms with Crippen LogP contribution in [0.25, 0.3) is 11.4 Å². The van der Waals surface area contributed by atoms with Crippen molar-refractivity contribution in [3.05, 3.63) is 214 Å². The van der Waals surface area contributed by atoms with E-state index in [-0.39, 0.29) is 35.7 Å². The van der Waals surface area contributed by atoms with E-state index < -0.39 is 28.0 Å². The third-order valence-electron chi connectivity index (χ3n) is 26.6. The molecule has 30 heteroatoms. The predicted octanol–water partition coefficient (Wildman–Crippen LogP) is 16.3. The summed E-state index contributed by atoms with van der Waals surface area (Å²) < 4.78 is 32.0. The summed E-state index contributed by atoms with van der Waals surface area (Å²) in [5.74, 6) is 7.23. The quantitative estimate of drug-likeness (QED) is 0.0128. The maximum absolute atomic E-state index is 13.5. The summed E-state index contributed by atoms with van der Waals surface area (Å²) in [6.45, 7) is 34.8. The Morgan fingerprint density at radius 1 is 0.465 bits per heavy atom. The summed E-state index contributed by atoms with van der Waals surface area (Å²) in [5, 5.41) is 99.1. The predicted molar refractivity (Wildman–Crippen MR) is 493 cm³/mol. The van der Waals surface area contributed by atoms with E-state index in [1.54, 1.807) is 79.8 Å². The van der Waals surface area contributed by atoms with Crippen molar-refractivity contribution in [2.45, 2.75) is 295 Å². The van der Waals surface area contributed by atoms with Crippen molar-refractivity contribution in [1.82, 2.24) is 75.5 Å². The Hall–Kier alpha value is -10.8. The first-order valence-corrected chi connectivity index (χ1v) is 45.8. The lowest BCUT2D eigenvalue weighted by molar-refractivity contribution is 0.0240. The fraction of sp³-hybridized carbons (Fsp3) is 0.545. The molecule has 3 unspecified atom stereocenters. The maximum atomic E-state index is 13.5. The van der Waals surface area contributed by atoms with Crippen LogP contribution >= 0.6 is 0 Å². The molecule has 0 saturated carbocycles. The van der Waals surface area contributed by atoms with E-state index in [4.69, 9.17) is 44.3 Å². The zero-order valence-electron chi connectivity index (χ0n) is 78.5. The molecule has 129 heavy (non-hydrogen) atoms. The molecular weight excluding hydrogens is 1640 g/mol. The summed E-state index contributed by atoms with van der Waals surface area (Å²) in [7, 11) is 3.37. The highest BCUT2D eigenvalue weighted by atomic mass is 16.5. The van der Waals surface area contributed by atoms with Crippen LogP contribution in [0.2, 0.25) is 0 Å². The number of aliphatic hydroxyl groups is 5. The second-order valence-corrected chi connectivity index (χ2v) is 36.3. The number of piperidine rings is 5. The minimum atomic E-state index is -1.04. The Balaban J connectivity index is 0.000000167. The number of aromatic nitrogens is 10. The molecule has 15 rings (SSSR count). The summed E-state index contributed by atoms with van der Waals surface area (Å²) in [4.78, 5) is 38.6. The summed E-state index contributed by atoms with van der Waals surface area (Å²) in [6, 6.07) is 40.7. The monoisotopic (exact) mass is 1780 g/mol. The van der Waals surface area contributed by atoms with Crippen molar-refractivity contribution < 1.29 is 67.9 Å². The highest BCUT2D eigenvalue weighted by molar-refractivity contribution is 5.98. The minimum Gasteiger partial charge on any atom is -0.497 e. The molecule has 5 aliphatic heterocycles. The number of carbonyl (C=O) groups is 2. The number of nitrogens with one attached hydrogen (secondary N) is 1. The van der Waals surface area contributed by atoms with Gasteiger partial charge in [0.05, 0.1) is 84.3 Å². The highest BCUT2D eigenvalue weighted by Crippen LogP contribution is 2.39. The molecule has 6 aromatic heterocycles. The van der Waals surface area contributed by atoms with E-state index in [1.165, 1.54) is 20.7 Å². The van der Waals surface area contributed by atoms with Gasteiger partial charge in [0.1, 0.15) is 39.5 Å². The maximum Gasteiger partial charge on any atom is 0.256 e. The normalized spacial score (nSPS) is 23.1. The van der Waals surface area contributed by atoms with Crippen LogP contribution in [-0.4, -0.2) is 202 Å². The van der Waals surface area contributed by atoms with Crippen LogP contribution in [-0.2, 0) is 35.5 Å². The van der Waals surface area contributed by atoms with E-state index in [0.29, 0.717) is 127 Å². The van der Waals surface area contributed by atoms with Crippen molar-refractivity contribution >= 4 is 18.0 Å². The van der Waals surface area contributed by atoms with E-state index in [9.17, 15) is 30.0 Å². The van der Waals surface area contributed by atoms with Crippen LogP contribution < -0.4 is 14.8 Å². The van der Waals surface area contributed by atoms with Gasteiger partial charge in [-0.25, -0.2) is 0 Å². The van der Waals surface area contributed by atoms with Gasteiger partial charge in [-0.2, -0.15) is 30.0 Å². The average Bonchev–Trinajstić information content (AvgIpc) is 1.84. The SMILES string of the molecule is C#CC(C)(O)CC.CCC(C)(O)c1cc([C@@H]2CC[C@@H](C)N(Cc3ccc(OC)cc3)C2)no1.CCC(C)(O)c1cc([C@@H]2CC[C@@H](C)NC2)no1.CC[C@@](C)(O)c1cc([C@@H]2CC[C@@H](C)N(C(=O)c3ccccc3-n3nccn3)C2)no1.CC[C@](C)(O)c1cc([C@@H]2CC[C@@H](C)N(C(=O)c3ccccc3-n3nccn3)C2)no1.COc1ccc(CN2C[C@H](/C=N/O)CC[C@H]2C)cc1. The van der Waals surface area contributed by atoms with E-state index in [2.05, 4.69) is 126 Å². The van der Waals surface area contributed by atoms with Crippen molar-refractivity contribution in [3.63, 3.8) is 0 Å². The fourth-order valence-corrected chi connectivity index (χ4v) is 16.1. The molecule has 30 nitrogen and oxygen atoms in total. The first-order chi connectivity index (χ1) is 61.6. The topological polar surface area (TPSA) is 377 Å². The second-order valence-electron chi connectivity index (χ2n) is 36.3. The van der Waals surface area contributed by atoms with Crippen LogP contribution in [0.15, 0.2) is 169 Å². The number of para-hydroxylation sites is 2. The summed E-state index contributed by atoms with van der Waals surface area (Å²) >= 11 is 0. The van der Waals surface area contributed by atoms with Crippen LogP contribution in [0.3, 0.4) is 0 Å². The lowest BCUT2D eigenvalue weighted by atomic mass is 9.89. The Labute approximate surface area is 760 Å². The fourth-order valence-electron chi connectivity index (χ4n) is 16.1. The Morgan fingerprint density at radius 3 is 1.14 bits per heavy atom. The number of terminal acetylenes is 1. The molecule has 698 valence electrons. The van der Waals surface area contributed by atoms with Gasteiger partial charge in [-0.3, -0.25) is 19.4 Å². The molecule has 15 atom stereocenters. The minimum absolute atomic E-state index is 0.0515. The van der Waals surface area contributed by atoms with Gasteiger partial charge in [0, 0.05) is 136 Å². The molecule has 5 aliphatic rings. The number of benzene rings is 4. The van der Waals surface area contributed by atoms with Crippen molar-refractivity contribution in [2.75, 3.05) is 46.9 Å². The highest BCUT2D eigenvalue weighted by Gasteiger charge is 2.39. The molecule has 0 spiro atoms. The van der Waals surface area contributed by atoms with Gasteiger partial charge in [0.25, 0.3) is 11.8 Å². The number of likely N-dealkylation sites (tertiary alicyclic amines) is 4. The van der Waals surface area contributed by atoms with E-state index >= 15 is 0 Å². The molecule has 5 saturated heterocycles. The average molecular weight is 1780 g/mol. The molecule has 0 radical (unpaired) electrons. The molecule has 7 N–H and O–H groups in total. The zero-order chi connectivity index (χ0) is 93.4. The Bertz CT molecular complexity index is 4950. The van der Waals surface area contributed by atoms with Crippen LogP contribution in [0.4, 0.5) is 0 Å². The molecule has 5 fully saturated rings. The number of amides is 2. The first kappa shape index (κ1) is 100. The molecule has 4 aromatic carbocycles. The summed E-state index contributed by atoms with van der Waals surface area (Å²) in [6.07, 6.45) is 26.2. The van der Waals surface area contributed by atoms with Crippen LogP contribution in [0, 0.1) is 18.3 Å². The van der Waals surface area contributed by atoms with Gasteiger partial charge >= 0.3 is 0 Å². The Kier molecular flexibility index (Phi) is 35.9. The smallest absolute Gasteiger partial charge is 0.256 e. The van der Waals surface area contributed by atoms with Gasteiger partial charge in [-0.15, -0.1) is 11.6 Å². The van der Waals surface area contributed by atoms with Gasteiger partial charge in [0.2, 0.25) is 0 Å². The van der Waals surface area contributed by atoms with Crippen molar-refractivity contribution in [3.8, 4) is 35.2 Å².